The molecule has 19 heavy (non-hydrogen) atoms. The van der Waals surface area contributed by atoms with E-state index in [9.17, 15) is 0 Å². The van der Waals surface area contributed by atoms with E-state index in [0.29, 0.717) is 0 Å². The molecule has 0 bridgehead atoms. The molecule has 0 amide bonds. The van der Waals surface area contributed by atoms with E-state index in [2.05, 4.69) is 41.8 Å². The van der Waals surface area contributed by atoms with Gasteiger partial charge in [0.05, 0.1) is 0 Å². The summed E-state index contributed by atoms with van der Waals surface area (Å²) < 4.78 is 0. The Balaban J connectivity index is 1.58. The van der Waals surface area contributed by atoms with Gasteiger partial charge in [-0.15, -0.1) is 0 Å². The lowest BCUT2D eigenvalue weighted by atomic mass is 9.93. The number of nitrogens with one attached hydrogen (secondary N) is 2. The first-order valence-corrected chi connectivity index (χ1v) is 7.86. The molecule has 2 nitrogen and oxygen atoms in total. The molecule has 1 saturated heterocycles. The molecule has 1 aromatic carbocycles. The minimum atomic E-state index is 0.718. The van der Waals surface area contributed by atoms with Gasteiger partial charge in [0.2, 0.25) is 0 Å². The maximum absolute atomic E-state index is 3.83. The van der Waals surface area contributed by atoms with E-state index in [1.165, 1.54) is 49.8 Å². The van der Waals surface area contributed by atoms with Crippen LogP contribution in [0.5, 0.6) is 0 Å². The monoisotopic (exact) mass is 258 g/mol. The Bertz CT molecular complexity index is 409. The maximum atomic E-state index is 3.83. The van der Waals surface area contributed by atoms with Crippen molar-refractivity contribution in [2.45, 2.75) is 57.7 Å². The lowest BCUT2D eigenvalue weighted by Crippen LogP contribution is -2.41. The van der Waals surface area contributed by atoms with Crippen molar-refractivity contribution in [1.29, 1.82) is 0 Å². The van der Waals surface area contributed by atoms with Crippen molar-refractivity contribution in [2.24, 2.45) is 5.92 Å². The SMILES string of the molecule is Cc1ccccc1CNC1CCCC1C1CCCN1. The molecule has 2 N–H and O–H groups in total. The molecule has 0 radical (unpaired) electrons. The number of hydrogen-bond acceptors (Lipinski definition) is 2. The van der Waals surface area contributed by atoms with Gasteiger partial charge in [-0.1, -0.05) is 30.7 Å². The zero-order valence-electron chi connectivity index (χ0n) is 12.0. The number of benzene rings is 1. The Morgan fingerprint density at radius 1 is 1.16 bits per heavy atom. The summed E-state index contributed by atoms with van der Waals surface area (Å²) in [6, 6.07) is 10.2. The van der Waals surface area contributed by atoms with Crippen LogP contribution in [0.25, 0.3) is 0 Å². The van der Waals surface area contributed by atoms with Crippen LogP contribution in [0.15, 0.2) is 24.3 Å². The summed E-state index contributed by atoms with van der Waals surface area (Å²) in [5, 5.41) is 7.52. The van der Waals surface area contributed by atoms with Crippen LogP contribution in [0.4, 0.5) is 0 Å². The van der Waals surface area contributed by atoms with Crippen molar-refractivity contribution >= 4 is 0 Å². The average molecular weight is 258 g/mol. The summed E-state index contributed by atoms with van der Waals surface area (Å²) in [6.45, 7) is 4.47. The fraction of sp³-hybridized carbons (Fsp3) is 0.647. The minimum Gasteiger partial charge on any atom is -0.314 e. The van der Waals surface area contributed by atoms with Crippen LogP contribution in [0.1, 0.15) is 43.2 Å². The van der Waals surface area contributed by atoms with Crippen molar-refractivity contribution in [2.75, 3.05) is 6.54 Å². The summed E-state index contributed by atoms with van der Waals surface area (Å²) in [6.07, 6.45) is 6.91. The summed E-state index contributed by atoms with van der Waals surface area (Å²) in [5.74, 6) is 0.853. The zero-order valence-corrected chi connectivity index (χ0v) is 12.0. The lowest BCUT2D eigenvalue weighted by Gasteiger charge is -2.27. The molecule has 2 heteroatoms. The zero-order chi connectivity index (χ0) is 13.1. The largest absolute Gasteiger partial charge is 0.314 e. The van der Waals surface area contributed by atoms with Gasteiger partial charge in [-0.25, -0.2) is 0 Å². The van der Waals surface area contributed by atoms with Crippen LogP contribution in [-0.4, -0.2) is 18.6 Å². The Hall–Kier alpha value is -0.860. The smallest absolute Gasteiger partial charge is 0.0210 e. The van der Waals surface area contributed by atoms with Crippen LogP contribution in [0.2, 0.25) is 0 Å². The molecule has 0 aromatic heterocycles. The van der Waals surface area contributed by atoms with E-state index in [0.717, 1.165) is 24.5 Å². The Labute approximate surface area is 117 Å². The first-order chi connectivity index (χ1) is 9.34. The van der Waals surface area contributed by atoms with Gasteiger partial charge in [0.25, 0.3) is 0 Å². The summed E-state index contributed by atoms with van der Waals surface area (Å²) in [5.41, 5.74) is 2.86. The number of aryl methyl sites for hydroxylation is 1. The first-order valence-electron chi connectivity index (χ1n) is 7.86. The molecule has 1 aliphatic heterocycles. The molecule has 2 fully saturated rings. The second-order valence-electron chi connectivity index (χ2n) is 6.21. The van der Waals surface area contributed by atoms with Gasteiger partial charge in [-0.05, 0) is 56.2 Å². The molecular formula is C17H26N2. The van der Waals surface area contributed by atoms with Gasteiger partial charge < -0.3 is 10.6 Å². The van der Waals surface area contributed by atoms with Crippen LogP contribution in [0, 0.1) is 12.8 Å². The molecular weight excluding hydrogens is 232 g/mol. The van der Waals surface area contributed by atoms with Crippen molar-refractivity contribution in [3.63, 3.8) is 0 Å². The molecule has 104 valence electrons. The van der Waals surface area contributed by atoms with E-state index in [1.54, 1.807) is 0 Å². The van der Waals surface area contributed by atoms with Gasteiger partial charge in [0.1, 0.15) is 0 Å². The summed E-state index contributed by atoms with van der Waals surface area (Å²) in [7, 11) is 0. The van der Waals surface area contributed by atoms with Gasteiger partial charge in [0, 0.05) is 18.6 Å². The van der Waals surface area contributed by atoms with Crippen LogP contribution >= 0.6 is 0 Å². The third-order valence-electron chi connectivity index (χ3n) is 5.00. The Morgan fingerprint density at radius 3 is 2.84 bits per heavy atom. The fourth-order valence-corrected chi connectivity index (χ4v) is 3.85. The third-order valence-corrected chi connectivity index (χ3v) is 5.00. The molecule has 1 aromatic rings. The van der Waals surface area contributed by atoms with Crippen molar-refractivity contribution in [3.8, 4) is 0 Å². The lowest BCUT2D eigenvalue weighted by molar-refractivity contribution is 0.320. The minimum absolute atomic E-state index is 0.718. The maximum Gasteiger partial charge on any atom is 0.0210 e. The normalized spacial score (nSPS) is 30.9. The molecule has 3 atom stereocenters. The highest BCUT2D eigenvalue weighted by atomic mass is 15.0. The topological polar surface area (TPSA) is 24.1 Å². The molecule has 1 saturated carbocycles. The predicted molar refractivity (Wildman–Crippen MR) is 80.2 cm³/mol. The van der Waals surface area contributed by atoms with Crippen LogP contribution in [-0.2, 0) is 6.54 Å². The standard InChI is InChI=1S/C17H26N2/c1-13-6-2-3-7-14(13)12-19-17-9-4-8-15(17)16-10-5-11-18-16/h2-3,6-7,15-19H,4-5,8-12H2,1H3. The van der Waals surface area contributed by atoms with Gasteiger partial charge in [0.15, 0.2) is 0 Å². The van der Waals surface area contributed by atoms with Gasteiger partial charge in [-0.2, -0.15) is 0 Å². The fourth-order valence-electron chi connectivity index (χ4n) is 3.85. The quantitative estimate of drug-likeness (QED) is 0.867. The van der Waals surface area contributed by atoms with E-state index >= 15 is 0 Å². The van der Waals surface area contributed by atoms with Crippen molar-refractivity contribution in [3.05, 3.63) is 35.4 Å². The second-order valence-corrected chi connectivity index (χ2v) is 6.21. The number of hydrogen-bond donors (Lipinski definition) is 2. The number of rotatable bonds is 4. The average Bonchev–Trinajstić information content (AvgIpc) is 3.08. The van der Waals surface area contributed by atoms with Crippen molar-refractivity contribution < 1.29 is 0 Å². The summed E-state index contributed by atoms with van der Waals surface area (Å²) in [4.78, 5) is 0. The van der Waals surface area contributed by atoms with Gasteiger partial charge >= 0.3 is 0 Å². The molecule has 1 heterocycles. The van der Waals surface area contributed by atoms with Crippen LogP contribution in [0.3, 0.4) is 0 Å². The van der Waals surface area contributed by atoms with Gasteiger partial charge in [-0.3, -0.25) is 0 Å². The Kier molecular flexibility index (Phi) is 4.19. The van der Waals surface area contributed by atoms with E-state index in [1.807, 2.05) is 0 Å². The first kappa shape index (κ1) is 13.1. The molecule has 3 unspecified atom stereocenters. The highest BCUT2D eigenvalue weighted by Crippen LogP contribution is 2.32. The van der Waals surface area contributed by atoms with Crippen LogP contribution < -0.4 is 10.6 Å². The summed E-state index contributed by atoms with van der Waals surface area (Å²) >= 11 is 0. The molecule has 3 rings (SSSR count). The predicted octanol–water partition coefficient (Wildman–Crippen LogP) is 3.01. The molecule has 0 spiro atoms. The second kappa shape index (κ2) is 6.06. The van der Waals surface area contributed by atoms with E-state index in [4.69, 9.17) is 0 Å². The van der Waals surface area contributed by atoms with E-state index in [-0.39, 0.29) is 0 Å². The highest BCUT2D eigenvalue weighted by molar-refractivity contribution is 5.25. The van der Waals surface area contributed by atoms with Crippen molar-refractivity contribution in [1.82, 2.24) is 10.6 Å². The molecule has 1 aliphatic carbocycles. The molecule has 2 aliphatic rings. The Morgan fingerprint density at radius 2 is 2.05 bits per heavy atom. The third kappa shape index (κ3) is 3.01. The highest BCUT2D eigenvalue weighted by Gasteiger charge is 2.34. The van der Waals surface area contributed by atoms with E-state index < -0.39 is 0 Å².